The molecule has 2 amide bonds. The second-order valence-electron chi connectivity index (χ2n) is 6.33. The lowest BCUT2D eigenvalue weighted by molar-refractivity contribution is -0.115. The van der Waals surface area contributed by atoms with E-state index >= 15 is 0 Å². The molecule has 148 valence electrons. The van der Waals surface area contributed by atoms with Gasteiger partial charge in [-0.2, -0.15) is 0 Å². The van der Waals surface area contributed by atoms with Crippen molar-refractivity contribution in [1.29, 1.82) is 0 Å². The summed E-state index contributed by atoms with van der Waals surface area (Å²) in [6.07, 6.45) is 0.254. The molecule has 0 unspecified atom stereocenters. The minimum atomic E-state index is -0.230. The van der Waals surface area contributed by atoms with Crippen LogP contribution in [-0.4, -0.2) is 26.0 Å². The fraction of sp³-hybridized carbons (Fsp3) is 0.130. The highest BCUT2D eigenvalue weighted by molar-refractivity contribution is 6.04. The molecule has 6 heteroatoms. The summed E-state index contributed by atoms with van der Waals surface area (Å²) in [6.45, 7) is 0. The van der Waals surface area contributed by atoms with Crippen LogP contribution in [0.15, 0.2) is 72.8 Å². The number of carbonyl (C=O) groups excluding carboxylic acids is 2. The van der Waals surface area contributed by atoms with Crippen molar-refractivity contribution in [3.8, 4) is 11.5 Å². The molecule has 0 radical (unpaired) electrons. The molecule has 2 N–H and O–H groups in total. The van der Waals surface area contributed by atoms with Crippen molar-refractivity contribution in [1.82, 2.24) is 0 Å². The van der Waals surface area contributed by atoms with E-state index in [1.807, 2.05) is 24.3 Å². The van der Waals surface area contributed by atoms with Crippen LogP contribution in [-0.2, 0) is 11.2 Å². The molecule has 0 bridgehead atoms. The van der Waals surface area contributed by atoms with E-state index in [-0.39, 0.29) is 18.2 Å². The second-order valence-corrected chi connectivity index (χ2v) is 6.33. The van der Waals surface area contributed by atoms with Crippen molar-refractivity contribution >= 4 is 23.2 Å². The molecule has 3 aromatic carbocycles. The van der Waals surface area contributed by atoms with E-state index < -0.39 is 0 Å². The Balaban J connectivity index is 1.55. The molecule has 0 aliphatic heterocycles. The SMILES string of the molecule is COc1ccc(CC(=O)Nc2ccc(C(=O)Nc3ccc(OC)cc3)cc2)cc1. The fourth-order valence-corrected chi connectivity index (χ4v) is 2.72. The Morgan fingerprint density at radius 1 is 0.690 bits per heavy atom. The van der Waals surface area contributed by atoms with Crippen molar-refractivity contribution < 1.29 is 19.1 Å². The highest BCUT2D eigenvalue weighted by atomic mass is 16.5. The van der Waals surface area contributed by atoms with Gasteiger partial charge in [0.05, 0.1) is 20.6 Å². The van der Waals surface area contributed by atoms with Crippen molar-refractivity contribution in [2.75, 3.05) is 24.9 Å². The molecule has 0 fully saturated rings. The Morgan fingerprint density at radius 3 is 1.72 bits per heavy atom. The first-order chi connectivity index (χ1) is 14.1. The number of rotatable bonds is 7. The summed E-state index contributed by atoms with van der Waals surface area (Å²) >= 11 is 0. The van der Waals surface area contributed by atoms with Gasteiger partial charge in [-0.25, -0.2) is 0 Å². The van der Waals surface area contributed by atoms with Gasteiger partial charge in [-0.3, -0.25) is 9.59 Å². The monoisotopic (exact) mass is 390 g/mol. The van der Waals surface area contributed by atoms with Gasteiger partial charge in [0.25, 0.3) is 5.91 Å². The molecule has 0 aliphatic rings. The largest absolute Gasteiger partial charge is 0.497 e. The van der Waals surface area contributed by atoms with Crippen LogP contribution in [0.5, 0.6) is 11.5 Å². The standard InChI is InChI=1S/C23H22N2O4/c1-28-20-11-3-16(4-12-20)15-22(26)24-18-7-5-17(6-8-18)23(27)25-19-9-13-21(29-2)14-10-19/h3-14H,15H2,1-2H3,(H,24,26)(H,25,27). The maximum absolute atomic E-state index is 12.4. The third-order valence-electron chi connectivity index (χ3n) is 4.30. The lowest BCUT2D eigenvalue weighted by atomic mass is 10.1. The van der Waals surface area contributed by atoms with Crippen LogP contribution in [0.25, 0.3) is 0 Å². The van der Waals surface area contributed by atoms with Crippen molar-refractivity contribution in [3.05, 3.63) is 83.9 Å². The maximum Gasteiger partial charge on any atom is 0.255 e. The zero-order valence-corrected chi connectivity index (χ0v) is 16.3. The van der Waals surface area contributed by atoms with Crippen LogP contribution < -0.4 is 20.1 Å². The van der Waals surface area contributed by atoms with Gasteiger partial charge < -0.3 is 20.1 Å². The molecule has 3 aromatic rings. The number of hydrogen-bond donors (Lipinski definition) is 2. The van der Waals surface area contributed by atoms with E-state index in [0.717, 1.165) is 17.1 Å². The zero-order chi connectivity index (χ0) is 20.6. The van der Waals surface area contributed by atoms with Gasteiger partial charge in [0.1, 0.15) is 11.5 Å². The predicted molar refractivity (Wildman–Crippen MR) is 113 cm³/mol. The normalized spacial score (nSPS) is 10.1. The first-order valence-electron chi connectivity index (χ1n) is 9.05. The Kier molecular flexibility index (Phi) is 6.47. The summed E-state index contributed by atoms with van der Waals surface area (Å²) in [6, 6.07) is 21.2. The van der Waals surface area contributed by atoms with Gasteiger partial charge >= 0.3 is 0 Å². The molecule has 0 atom stereocenters. The Bertz CT molecular complexity index is 965. The summed E-state index contributed by atoms with van der Waals surface area (Å²) in [5.41, 5.74) is 2.69. The average molecular weight is 390 g/mol. The molecule has 0 saturated heterocycles. The number of amides is 2. The van der Waals surface area contributed by atoms with Gasteiger partial charge in [0.15, 0.2) is 0 Å². The van der Waals surface area contributed by atoms with Crippen LogP contribution in [0.1, 0.15) is 15.9 Å². The third-order valence-corrected chi connectivity index (χ3v) is 4.30. The molecular formula is C23H22N2O4. The Morgan fingerprint density at radius 2 is 1.17 bits per heavy atom. The second kappa shape index (κ2) is 9.41. The van der Waals surface area contributed by atoms with Gasteiger partial charge in [0.2, 0.25) is 5.91 Å². The van der Waals surface area contributed by atoms with Crippen molar-refractivity contribution in [2.24, 2.45) is 0 Å². The molecule has 0 spiro atoms. The highest BCUT2D eigenvalue weighted by Crippen LogP contribution is 2.17. The lowest BCUT2D eigenvalue weighted by Crippen LogP contribution is -2.15. The van der Waals surface area contributed by atoms with Gasteiger partial charge in [0, 0.05) is 16.9 Å². The summed E-state index contributed by atoms with van der Waals surface area (Å²) in [5, 5.41) is 5.65. The molecule has 0 saturated carbocycles. The summed E-state index contributed by atoms with van der Waals surface area (Å²) in [7, 11) is 3.19. The fourth-order valence-electron chi connectivity index (χ4n) is 2.72. The summed E-state index contributed by atoms with van der Waals surface area (Å²) in [4.78, 5) is 24.6. The van der Waals surface area contributed by atoms with Crippen LogP contribution in [0, 0.1) is 0 Å². The first-order valence-corrected chi connectivity index (χ1v) is 9.05. The zero-order valence-electron chi connectivity index (χ0n) is 16.3. The summed E-state index contributed by atoms with van der Waals surface area (Å²) in [5.74, 6) is 1.10. The number of benzene rings is 3. The quantitative estimate of drug-likeness (QED) is 0.636. The molecule has 3 rings (SSSR count). The Labute approximate surface area is 169 Å². The van der Waals surface area contributed by atoms with Crippen LogP contribution in [0.3, 0.4) is 0 Å². The van der Waals surface area contributed by atoms with E-state index in [4.69, 9.17) is 9.47 Å². The molecule has 29 heavy (non-hydrogen) atoms. The molecule has 0 aliphatic carbocycles. The first kappa shape index (κ1) is 19.9. The van der Waals surface area contributed by atoms with Gasteiger partial charge in [-0.05, 0) is 66.2 Å². The molecular weight excluding hydrogens is 368 g/mol. The minimum absolute atomic E-state index is 0.134. The smallest absolute Gasteiger partial charge is 0.255 e. The van der Waals surface area contributed by atoms with Crippen molar-refractivity contribution in [2.45, 2.75) is 6.42 Å². The Hall–Kier alpha value is -3.80. The van der Waals surface area contributed by atoms with Crippen LogP contribution in [0.2, 0.25) is 0 Å². The van der Waals surface area contributed by atoms with Gasteiger partial charge in [-0.1, -0.05) is 12.1 Å². The maximum atomic E-state index is 12.4. The topological polar surface area (TPSA) is 76.7 Å². The van der Waals surface area contributed by atoms with Crippen molar-refractivity contribution in [3.63, 3.8) is 0 Å². The number of methoxy groups -OCH3 is 2. The predicted octanol–water partition coefficient (Wildman–Crippen LogP) is 4.14. The molecule has 0 heterocycles. The lowest BCUT2D eigenvalue weighted by Gasteiger charge is -2.08. The number of carbonyl (C=O) groups is 2. The number of anilines is 2. The molecule has 0 aromatic heterocycles. The highest BCUT2D eigenvalue weighted by Gasteiger charge is 2.08. The van der Waals surface area contributed by atoms with E-state index in [9.17, 15) is 9.59 Å². The minimum Gasteiger partial charge on any atom is -0.497 e. The number of hydrogen-bond acceptors (Lipinski definition) is 4. The average Bonchev–Trinajstić information content (AvgIpc) is 2.75. The molecule has 6 nitrogen and oxygen atoms in total. The van der Waals surface area contributed by atoms with E-state index in [1.165, 1.54) is 0 Å². The van der Waals surface area contributed by atoms with Crippen LogP contribution in [0.4, 0.5) is 11.4 Å². The van der Waals surface area contributed by atoms with E-state index in [1.54, 1.807) is 62.8 Å². The number of nitrogens with one attached hydrogen (secondary N) is 2. The third kappa shape index (κ3) is 5.59. The van der Waals surface area contributed by atoms with Crippen LogP contribution >= 0.6 is 0 Å². The summed E-state index contributed by atoms with van der Waals surface area (Å²) < 4.78 is 10.2. The van der Waals surface area contributed by atoms with E-state index in [0.29, 0.717) is 16.9 Å². The van der Waals surface area contributed by atoms with E-state index in [2.05, 4.69) is 10.6 Å². The number of ether oxygens (including phenoxy) is 2. The van der Waals surface area contributed by atoms with Gasteiger partial charge in [-0.15, -0.1) is 0 Å².